The van der Waals surface area contributed by atoms with Gasteiger partial charge >= 0.3 is 5.69 Å². The van der Waals surface area contributed by atoms with Gasteiger partial charge < -0.3 is 15.4 Å². The molecule has 0 aliphatic carbocycles. The zero-order chi connectivity index (χ0) is 19.1. The fraction of sp³-hybridized carbons (Fsp3) is 0.211. The van der Waals surface area contributed by atoms with Crippen LogP contribution in [-0.2, 0) is 25.4 Å². The van der Waals surface area contributed by atoms with Gasteiger partial charge in [0.05, 0.1) is 16.7 Å². The van der Waals surface area contributed by atoms with Gasteiger partial charge in [-0.05, 0) is 35.9 Å². The highest BCUT2D eigenvalue weighted by molar-refractivity contribution is 5.99. The molecule has 0 spiro atoms. The second-order valence-corrected chi connectivity index (χ2v) is 6.45. The SMILES string of the molecule is Cn1c(=O)n(C)c2cc(CNC(=O)c3ccc4c(c3)NC(=O)CO4)ccc21. The van der Waals surface area contributed by atoms with E-state index in [-0.39, 0.29) is 24.1 Å². The van der Waals surface area contributed by atoms with Crippen LogP contribution in [0, 0.1) is 0 Å². The van der Waals surface area contributed by atoms with Crippen LogP contribution in [0.2, 0.25) is 0 Å². The molecule has 0 bridgehead atoms. The predicted octanol–water partition coefficient (Wildman–Crippen LogP) is 1.14. The number of hydrogen-bond donors (Lipinski definition) is 2. The van der Waals surface area contributed by atoms with Crippen LogP contribution in [0.1, 0.15) is 15.9 Å². The van der Waals surface area contributed by atoms with Crippen molar-refractivity contribution in [1.82, 2.24) is 14.5 Å². The quantitative estimate of drug-likeness (QED) is 0.727. The van der Waals surface area contributed by atoms with Gasteiger partial charge in [0.1, 0.15) is 5.75 Å². The Morgan fingerprint density at radius 3 is 2.70 bits per heavy atom. The number of hydrogen-bond acceptors (Lipinski definition) is 4. The van der Waals surface area contributed by atoms with E-state index in [0.717, 1.165) is 16.6 Å². The van der Waals surface area contributed by atoms with Crippen LogP contribution in [0.25, 0.3) is 11.0 Å². The number of amides is 2. The number of aromatic nitrogens is 2. The minimum atomic E-state index is -0.264. The van der Waals surface area contributed by atoms with Crippen LogP contribution in [0.5, 0.6) is 5.75 Å². The van der Waals surface area contributed by atoms with E-state index in [2.05, 4.69) is 10.6 Å². The Labute approximate surface area is 154 Å². The van der Waals surface area contributed by atoms with Gasteiger partial charge in [-0.25, -0.2) is 4.79 Å². The highest BCUT2D eigenvalue weighted by atomic mass is 16.5. The monoisotopic (exact) mass is 366 g/mol. The molecule has 0 fully saturated rings. The molecule has 27 heavy (non-hydrogen) atoms. The lowest BCUT2D eigenvalue weighted by Gasteiger charge is -2.18. The highest BCUT2D eigenvalue weighted by Gasteiger charge is 2.18. The topological polar surface area (TPSA) is 94.4 Å². The number of carbonyl (C=O) groups is 2. The van der Waals surface area contributed by atoms with E-state index in [1.807, 2.05) is 18.2 Å². The average Bonchev–Trinajstić information content (AvgIpc) is 2.89. The molecule has 0 saturated heterocycles. The Hall–Kier alpha value is -3.55. The number of benzene rings is 2. The normalized spacial score (nSPS) is 13.0. The number of imidazole rings is 1. The Morgan fingerprint density at radius 2 is 1.89 bits per heavy atom. The lowest BCUT2D eigenvalue weighted by Crippen LogP contribution is -2.27. The molecule has 1 aliphatic heterocycles. The fourth-order valence-electron chi connectivity index (χ4n) is 3.17. The third-order valence-electron chi connectivity index (χ3n) is 4.66. The minimum Gasteiger partial charge on any atom is -0.482 e. The molecular formula is C19H18N4O4. The summed E-state index contributed by atoms with van der Waals surface area (Å²) in [6.07, 6.45) is 0. The van der Waals surface area contributed by atoms with Crippen LogP contribution >= 0.6 is 0 Å². The molecule has 2 N–H and O–H groups in total. The van der Waals surface area contributed by atoms with E-state index >= 15 is 0 Å². The summed E-state index contributed by atoms with van der Waals surface area (Å²) in [5.74, 6) is 0.0306. The van der Waals surface area contributed by atoms with Gasteiger partial charge in [0, 0.05) is 26.2 Å². The number of anilines is 1. The predicted molar refractivity (Wildman–Crippen MR) is 99.9 cm³/mol. The summed E-state index contributed by atoms with van der Waals surface area (Å²) in [6, 6.07) is 10.5. The molecule has 0 radical (unpaired) electrons. The third-order valence-corrected chi connectivity index (χ3v) is 4.66. The van der Waals surface area contributed by atoms with Gasteiger partial charge in [0.25, 0.3) is 11.8 Å². The van der Waals surface area contributed by atoms with Crippen molar-refractivity contribution < 1.29 is 14.3 Å². The van der Waals surface area contributed by atoms with Gasteiger partial charge in [-0.15, -0.1) is 0 Å². The van der Waals surface area contributed by atoms with Crippen molar-refractivity contribution in [1.29, 1.82) is 0 Å². The number of aryl methyl sites for hydroxylation is 2. The molecule has 2 amide bonds. The lowest BCUT2D eigenvalue weighted by atomic mass is 10.1. The van der Waals surface area contributed by atoms with Crippen LogP contribution in [0.15, 0.2) is 41.2 Å². The Kier molecular flexibility index (Phi) is 3.95. The van der Waals surface area contributed by atoms with E-state index in [1.165, 1.54) is 0 Å². The highest BCUT2D eigenvalue weighted by Crippen LogP contribution is 2.28. The van der Waals surface area contributed by atoms with Crippen molar-refractivity contribution in [2.75, 3.05) is 11.9 Å². The minimum absolute atomic E-state index is 0.0248. The van der Waals surface area contributed by atoms with Crippen LogP contribution < -0.4 is 21.1 Å². The number of ether oxygens (including phenoxy) is 1. The number of nitrogens with zero attached hydrogens (tertiary/aromatic N) is 2. The first-order chi connectivity index (χ1) is 12.9. The molecule has 8 heteroatoms. The van der Waals surface area contributed by atoms with Gasteiger partial charge in [0.15, 0.2) is 6.61 Å². The molecular weight excluding hydrogens is 348 g/mol. The molecule has 2 aromatic carbocycles. The van der Waals surface area contributed by atoms with Crippen LogP contribution in [0.3, 0.4) is 0 Å². The molecule has 1 aliphatic rings. The van der Waals surface area contributed by atoms with Gasteiger partial charge in [-0.2, -0.15) is 0 Å². The van der Waals surface area contributed by atoms with Gasteiger partial charge in [0.2, 0.25) is 0 Å². The molecule has 8 nitrogen and oxygen atoms in total. The van der Waals surface area contributed by atoms with Crippen molar-refractivity contribution in [3.8, 4) is 5.75 Å². The van der Waals surface area contributed by atoms with Crippen molar-refractivity contribution in [3.05, 3.63) is 58.0 Å². The molecule has 138 valence electrons. The van der Waals surface area contributed by atoms with E-state index in [1.54, 1.807) is 41.4 Å². The summed E-state index contributed by atoms with van der Waals surface area (Å²) in [5, 5.41) is 5.54. The largest absolute Gasteiger partial charge is 0.482 e. The summed E-state index contributed by atoms with van der Waals surface area (Å²) >= 11 is 0. The van der Waals surface area contributed by atoms with Crippen molar-refractivity contribution in [2.24, 2.45) is 14.1 Å². The maximum absolute atomic E-state index is 12.5. The molecule has 4 rings (SSSR count). The van der Waals surface area contributed by atoms with Crippen molar-refractivity contribution in [2.45, 2.75) is 6.54 Å². The first kappa shape index (κ1) is 16.9. The summed E-state index contributed by atoms with van der Waals surface area (Å²) in [7, 11) is 3.45. The van der Waals surface area contributed by atoms with E-state index in [4.69, 9.17) is 4.74 Å². The Balaban J connectivity index is 1.52. The van der Waals surface area contributed by atoms with Crippen LogP contribution in [0.4, 0.5) is 5.69 Å². The zero-order valence-electron chi connectivity index (χ0n) is 14.9. The number of rotatable bonds is 3. The van der Waals surface area contributed by atoms with Crippen molar-refractivity contribution >= 4 is 28.5 Å². The molecule has 1 aromatic heterocycles. The van der Waals surface area contributed by atoms with Crippen LogP contribution in [-0.4, -0.2) is 27.6 Å². The van der Waals surface area contributed by atoms with E-state index in [9.17, 15) is 14.4 Å². The zero-order valence-corrected chi connectivity index (χ0v) is 14.9. The van der Waals surface area contributed by atoms with E-state index < -0.39 is 0 Å². The molecule has 3 aromatic rings. The Bertz CT molecular complexity index is 1140. The third kappa shape index (κ3) is 2.95. The Morgan fingerprint density at radius 1 is 1.11 bits per heavy atom. The fourth-order valence-corrected chi connectivity index (χ4v) is 3.17. The lowest BCUT2D eigenvalue weighted by molar-refractivity contribution is -0.118. The molecule has 0 saturated carbocycles. The summed E-state index contributed by atoms with van der Waals surface area (Å²) < 4.78 is 8.45. The van der Waals surface area contributed by atoms with Gasteiger partial charge in [-0.1, -0.05) is 6.07 Å². The second kappa shape index (κ2) is 6.31. The average molecular weight is 366 g/mol. The van der Waals surface area contributed by atoms with E-state index in [0.29, 0.717) is 23.5 Å². The first-order valence-electron chi connectivity index (χ1n) is 8.43. The number of nitrogens with one attached hydrogen (secondary N) is 2. The number of fused-ring (bicyclic) bond motifs is 2. The maximum atomic E-state index is 12.5. The maximum Gasteiger partial charge on any atom is 0.328 e. The summed E-state index contributed by atoms with van der Waals surface area (Å²) in [5.41, 5.74) is 3.34. The summed E-state index contributed by atoms with van der Waals surface area (Å²) in [4.78, 5) is 35.9. The molecule has 0 atom stereocenters. The standard InChI is InChI=1S/C19H18N4O4/c1-22-14-5-3-11(7-15(14)23(2)19(22)26)9-20-18(25)12-4-6-16-13(8-12)21-17(24)10-27-16/h3-8H,9-10H2,1-2H3,(H,20,25)(H,21,24). The molecule has 2 heterocycles. The van der Waals surface area contributed by atoms with Gasteiger partial charge in [-0.3, -0.25) is 18.7 Å². The molecule has 0 unspecified atom stereocenters. The smallest absolute Gasteiger partial charge is 0.328 e. The summed E-state index contributed by atoms with van der Waals surface area (Å²) in [6.45, 7) is 0.292. The first-order valence-corrected chi connectivity index (χ1v) is 8.43. The number of carbonyl (C=O) groups excluding carboxylic acids is 2. The second-order valence-electron chi connectivity index (χ2n) is 6.45. The van der Waals surface area contributed by atoms with Crippen molar-refractivity contribution in [3.63, 3.8) is 0 Å².